The molecule has 4 nitrogen and oxygen atoms in total. The molecule has 0 spiro atoms. The standard InChI is InChI=1S/C10H24N4/c1-5-9(11,6-8(2)3)7-10(12,13)14-4/h5,8,14H,1,6-7,11-13H2,2-4H3. The first kappa shape index (κ1) is 13.6. The highest BCUT2D eigenvalue weighted by molar-refractivity contribution is 5.04. The summed E-state index contributed by atoms with van der Waals surface area (Å²) in [5.41, 5.74) is 17.2. The van der Waals surface area contributed by atoms with E-state index in [-0.39, 0.29) is 0 Å². The SMILES string of the molecule is C=CC(N)(CC(C)C)CC(N)(N)NC. The van der Waals surface area contributed by atoms with E-state index in [1.807, 2.05) is 0 Å². The fourth-order valence-electron chi connectivity index (χ4n) is 1.62. The third-order valence-corrected chi connectivity index (χ3v) is 2.28. The summed E-state index contributed by atoms with van der Waals surface area (Å²) >= 11 is 0. The summed E-state index contributed by atoms with van der Waals surface area (Å²) in [5, 5.41) is 2.83. The molecule has 0 amide bonds. The molecule has 7 N–H and O–H groups in total. The Labute approximate surface area is 86.9 Å². The van der Waals surface area contributed by atoms with Crippen molar-refractivity contribution in [3.63, 3.8) is 0 Å². The second kappa shape index (κ2) is 4.89. The van der Waals surface area contributed by atoms with Gasteiger partial charge in [-0.1, -0.05) is 19.9 Å². The summed E-state index contributed by atoms with van der Waals surface area (Å²) in [7, 11) is 1.72. The third kappa shape index (κ3) is 4.72. The Bertz CT molecular complexity index is 189. The Morgan fingerprint density at radius 1 is 1.36 bits per heavy atom. The molecule has 0 aromatic rings. The lowest BCUT2D eigenvalue weighted by molar-refractivity contribution is 0.258. The van der Waals surface area contributed by atoms with Crippen molar-refractivity contribution < 1.29 is 0 Å². The van der Waals surface area contributed by atoms with E-state index in [1.165, 1.54) is 0 Å². The fourth-order valence-corrected chi connectivity index (χ4v) is 1.62. The monoisotopic (exact) mass is 200 g/mol. The molecule has 0 aliphatic rings. The van der Waals surface area contributed by atoms with Crippen LogP contribution in [0, 0.1) is 5.92 Å². The average molecular weight is 200 g/mol. The van der Waals surface area contributed by atoms with Crippen LogP contribution in [0.15, 0.2) is 12.7 Å². The summed E-state index contributed by atoms with van der Waals surface area (Å²) in [6, 6.07) is 0. The summed E-state index contributed by atoms with van der Waals surface area (Å²) in [6.07, 6.45) is 3.03. The maximum absolute atomic E-state index is 6.14. The van der Waals surface area contributed by atoms with E-state index in [2.05, 4.69) is 25.7 Å². The van der Waals surface area contributed by atoms with Crippen molar-refractivity contribution in [3.8, 4) is 0 Å². The predicted molar refractivity (Wildman–Crippen MR) is 61.4 cm³/mol. The minimum absolute atomic E-state index is 0.470. The van der Waals surface area contributed by atoms with Crippen molar-refractivity contribution in [1.29, 1.82) is 0 Å². The zero-order valence-electron chi connectivity index (χ0n) is 9.51. The van der Waals surface area contributed by atoms with Crippen molar-refractivity contribution in [2.75, 3.05) is 7.05 Å². The number of hydrogen-bond donors (Lipinski definition) is 4. The minimum atomic E-state index is -0.933. The first-order valence-corrected chi connectivity index (χ1v) is 4.94. The van der Waals surface area contributed by atoms with Crippen LogP contribution in [0.2, 0.25) is 0 Å². The van der Waals surface area contributed by atoms with Crippen molar-refractivity contribution >= 4 is 0 Å². The van der Waals surface area contributed by atoms with Gasteiger partial charge in [0.05, 0.1) is 0 Å². The van der Waals surface area contributed by atoms with Gasteiger partial charge in [0.25, 0.3) is 0 Å². The normalized spacial score (nSPS) is 16.8. The van der Waals surface area contributed by atoms with Gasteiger partial charge in [-0.15, -0.1) is 6.58 Å². The van der Waals surface area contributed by atoms with Gasteiger partial charge in [-0.2, -0.15) is 0 Å². The van der Waals surface area contributed by atoms with Crippen molar-refractivity contribution in [2.45, 2.75) is 38.0 Å². The molecule has 0 radical (unpaired) electrons. The lowest BCUT2D eigenvalue weighted by atomic mass is 9.84. The van der Waals surface area contributed by atoms with E-state index < -0.39 is 11.3 Å². The fraction of sp³-hybridized carbons (Fsp3) is 0.800. The second-order valence-electron chi connectivity index (χ2n) is 4.50. The maximum Gasteiger partial charge on any atom is 0.120 e. The van der Waals surface area contributed by atoms with Crippen LogP contribution in [0.1, 0.15) is 26.7 Å². The van der Waals surface area contributed by atoms with E-state index in [9.17, 15) is 0 Å². The quantitative estimate of drug-likeness (QED) is 0.361. The molecule has 0 bridgehead atoms. The molecule has 4 heteroatoms. The van der Waals surface area contributed by atoms with E-state index >= 15 is 0 Å². The molecule has 0 aliphatic carbocycles. The van der Waals surface area contributed by atoms with Gasteiger partial charge in [-0.05, 0) is 19.4 Å². The van der Waals surface area contributed by atoms with Gasteiger partial charge >= 0.3 is 0 Å². The highest BCUT2D eigenvalue weighted by Crippen LogP contribution is 2.21. The molecular formula is C10H24N4. The molecule has 1 atom stereocenters. The smallest absolute Gasteiger partial charge is 0.120 e. The third-order valence-electron chi connectivity index (χ3n) is 2.28. The first-order chi connectivity index (χ1) is 6.24. The number of nitrogens with two attached hydrogens (primary N) is 3. The zero-order valence-corrected chi connectivity index (χ0v) is 9.51. The molecule has 0 aromatic heterocycles. The summed E-state index contributed by atoms with van der Waals surface area (Å²) < 4.78 is 0. The van der Waals surface area contributed by atoms with E-state index in [0.717, 1.165) is 6.42 Å². The van der Waals surface area contributed by atoms with Gasteiger partial charge in [-0.3, -0.25) is 5.32 Å². The Balaban J connectivity index is 4.47. The molecular weight excluding hydrogens is 176 g/mol. The number of rotatable bonds is 6. The molecule has 1 unspecified atom stereocenters. The molecule has 14 heavy (non-hydrogen) atoms. The molecule has 0 fully saturated rings. The van der Waals surface area contributed by atoms with E-state index in [1.54, 1.807) is 13.1 Å². The van der Waals surface area contributed by atoms with Crippen LogP contribution in [-0.2, 0) is 0 Å². The van der Waals surface area contributed by atoms with Crippen LogP contribution in [0.25, 0.3) is 0 Å². The van der Waals surface area contributed by atoms with Gasteiger partial charge in [-0.25, -0.2) is 0 Å². The molecule has 0 saturated carbocycles. The van der Waals surface area contributed by atoms with Gasteiger partial charge in [0.15, 0.2) is 0 Å². The Morgan fingerprint density at radius 2 is 1.86 bits per heavy atom. The summed E-state index contributed by atoms with van der Waals surface area (Å²) in [4.78, 5) is 0. The Morgan fingerprint density at radius 3 is 2.14 bits per heavy atom. The number of nitrogens with one attached hydrogen (secondary N) is 1. The predicted octanol–water partition coefficient (Wildman–Crippen LogP) is 0.0967. The topological polar surface area (TPSA) is 90.1 Å². The lowest BCUT2D eigenvalue weighted by Crippen LogP contribution is -2.64. The van der Waals surface area contributed by atoms with Crippen molar-refractivity contribution in [2.24, 2.45) is 23.1 Å². The molecule has 84 valence electrons. The molecule has 0 saturated heterocycles. The van der Waals surface area contributed by atoms with Crippen LogP contribution in [0.4, 0.5) is 0 Å². The van der Waals surface area contributed by atoms with Crippen LogP contribution in [0.3, 0.4) is 0 Å². The zero-order chi connectivity index (χ0) is 11.4. The molecule has 0 rings (SSSR count). The van der Waals surface area contributed by atoms with Crippen molar-refractivity contribution in [1.82, 2.24) is 5.32 Å². The molecule has 0 aliphatic heterocycles. The average Bonchev–Trinajstić information content (AvgIpc) is 2.02. The first-order valence-electron chi connectivity index (χ1n) is 4.94. The minimum Gasteiger partial charge on any atom is -0.322 e. The number of hydrogen-bond acceptors (Lipinski definition) is 4. The summed E-state index contributed by atoms with van der Waals surface area (Å²) in [5.74, 6) is -0.441. The molecule has 0 heterocycles. The second-order valence-corrected chi connectivity index (χ2v) is 4.50. The Hall–Kier alpha value is -0.420. The summed E-state index contributed by atoms with van der Waals surface area (Å²) in [6.45, 7) is 7.96. The van der Waals surface area contributed by atoms with Crippen molar-refractivity contribution in [3.05, 3.63) is 12.7 Å². The highest BCUT2D eigenvalue weighted by Gasteiger charge is 2.31. The van der Waals surface area contributed by atoms with Gasteiger partial charge in [0.2, 0.25) is 0 Å². The lowest BCUT2D eigenvalue weighted by Gasteiger charge is -2.35. The van der Waals surface area contributed by atoms with Gasteiger partial charge in [0, 0.05) is 12.0 Å². The Kier molecular flexibility index (Phi) is 4.74. The van der Waals surface area contributed by atoms with Gasteiger partial charge in [0.1, 0.15) is 5.79 Å². The highest BCUT2D eigenvalue weighted by atomic mass is 15.2. The van der Waals surface area contributed by atoms with E-state index in [4.69, 9.17) is 17.2 Å². The van der Waals surface area contributed by atoms with Crippen LogP contribution in [0.5, 0.6) is 0 Å². The molecule has 0 aromatic carbocycles. The van der Waals surface area contributed by atoms with Crippen LogP contribution in [-0.4, -0.2) is 18.4 Å². The van der Waals surface area contributed by atoms with Crippen LogP contribution < -0.4 is 22.5 Å². The van der Waals surface area contributed by atoms with Crippen LogP contribution >= 0.6 is 0 Å². The maximum atomic E-state index is 6.14. The van der Waals surface area contributed by atoms with Gasteiger partial charge < -0.3 is 17.2 Å². The van der Waals surface area contributed by atoms with E-state index in [0.29, 0.717) is 12.3 Å². The largest absolute Gasteiger partial charge is 0.322 e.